The lowest BCUT2D eigenvalue weighted by molar-refractivity contribution is -0.384. The van der Waals surface area contributed by atoms with Crippen LogP contribution >= 0.6 is 0 Å². The van der Waals surface area contributed by atoms with E-state index in [0.29, 0.717) is 11.6 Å². The molecule has 1 aliphatic rings. The van der Waals surface area contributed by atoms with Gasteiger partial charge in [0.05, 0.1) is 4.92 Å². The number of aliphatic carboxylic acids is 1. The molecular formula is C18H25N3O5. The number of nitrogens with one attached hydrogen (secondary N) is 1. The summed E-state index contributed by atoms with van der Waals surface area (Å²) in [5, 5.41) is 23.1. The summed E-state index contributed by atoms with van der Waals surface area (Å²) in [7, 11) is 0. The molecule has 1 saturated heterocycles. The zero-order valence-electron chi connectivity index (χ0n) is 15.3. The molecule has 0 bridgehead atoms. The van der Waals surface area contributed by atoms with Gasteiger partial charge in [-0.15, -0.1) is 0 Å². The van der Waals surface area contributed by atoms with Crippen molar-refractivity contribution in [3.05, 3.63) is 33.9 Å². The van der Waals surface area contributed by atoms with E-state index in [4.69, 9.17) is 0 Å². The van der Waals surface area contributed by atoms with Gasteiger partial charge in [0.15, 0.2) is 0 Å². The van der Waals surface area contributed by atoms with Crippen LogP contribution in [0.4, 0.5) is 11.4 Å². The second kappa shape index (κ2) is 8.16. The van der Waals surface area contributed by atoms with Gasteiger partial charge in [0.1, 0.15) is 11.7 Å². The smallest absolute Gasteiger partial charge is 0.326 e. The third-order valence-corrected chi connectivity index (χ3v) is 4.78. The molecule has 1 amide bonds. The highest BCUT2D eigenvalue weighted by molar-refractivity contribution is 5.98. The van der Waals surface area contributed by atoms with E-state index in [1.807, 2.05) is 4.90 Å². The fourth-order valence-electron chi connectivity index (χ4n) is 3.07. The normalized spacial score (nSPS) is 16.4. The zero-order chi connectivity index (χ0) is 19.4. The second-order valence-corrected chi connectivity index (χ2v) is 7.16. The summed E-state index contributed by atoms with van der Waals surface area (Å²) < 4.78 is 0. The first-order valence-electron chi connectivity index (χ1n) is 8.77. The van der Waals surface area contributed by atoms with Crippen molar-refractivity contribution in [1.29, 1.82) is 0 Å². The number of piperidine rings is 1. The highest BCUT2D eigenvalue weighted by atomic mass is 16.6. The molecule has 0 saturated carbocycles. The van der Waals surface area contributed by atoms with Gasteiger partial charge in [0.2, 0.25) is 0 Å². The van der Waals surface area contributed by atoms with Crippen molar-refractivity contribution in [2.75, 3.05) is 18.0 Å². The molecule has 26 heavy (non-hydrogen) atoms. The number of carbonyl (C=O) groups excluding carboxylic acids is 1. The fraction of sp³-hybridized carbons (Fsp3) is 0.556. The van der Waals surface area contributed by atoms with Crippen LogP contribution in [-0.4, -0.2) is 41.0 Å². The molecule has 142 valence electrons. The van der Waals surface area contributed by atoms with Crippen LogP contribution in [-0.2, 0) is 4.79 Å². The van der Waals surface area contributed by atoms with Crippen LogP contribution in [0.15, 0.2) is 18.2 Å². The molecule has 0 spiro atoms. The quantitative estimate of drug-likeness (QED) is 0.593. The van der Waals surface area contributed by atoms with Crippen LogP contribution in [0.2, 0.25) is 0 Å². The second-order valence-electron chi connectivity index (χ2n) is 7.16. The molecule has 0 radical (unpaired) electrons. The van der Waals surface area contributed by atoms with Crippen LogP contribution in [0.5, 0.6) is 0 Å². The van der Waals surface area contributed by atoms with Crippen LogP contribution in [0, 0.1) is 22.0 Å². The van der Waals surface area contributed by atoms with Crippen molar-refractivity contribution in [1.82, 2.24) is 5.32 Å². The van der Waals surface area contributed by atoms with Gasteiger partial charge in [0, 0.05) is 24.7 Å². The molecule has 1 atom stereocenters. The molecule has 0 aliphatic carbocycles. The Kier molecular flexibility index (Phi) is 6.18. The molecule has 1 aliphatic heterocycles. The molecule has 1 unspecified atom stereocenters. The summed E-state index contributed by atoms with van der Waals surface area (Å²) in [5.41, 5.74) is 0.443. The van der Waals surface area contributed by atoms with E-state index in [2.05, 4.69) is 12.2 Å². The van der Waals surface area contributed by atoms with E-state index < -0.39 is 22.8 Å². The van der Waals surface area contributed by atoms with E-state index in [9.17, 15) is 24.8 Å². The van der Waals surface area contributed by atoms with Crippen molar-refractivity contribution in [2.45, 2.75) is 39.7 Å². The number of benzene rings is 1. The van der Waals surface area contributed by atoms with E-state index >= 15 is 0 Å². The highest BCUT2D eigenvalue weighted by Crippen LogP contribution is 2.32. The van der Waals surface area contributed by atoms with Crippen LogP contribution < -0.4 is 10.2 Å². The largest absolute Gasteiger partial charge is 0.480 e. The van der Waals surface area contributed by atoms with Gasteiger partial charge < -0.3 is 15.3 Å². The lowest BCUT2D eigenvalue weighted by Crippen LogP contribution is -2.44. The number of anilines is 1. The Morgan fingerprint density at radius 2 is 1.92 bits per heavy atom. The predicted molar refractivity (Wildman–Crippen MR) is 97.4 cm³/mol. The molecule has 1 heterocycles. The van der Waals surface area contributed by atoms with Gasteiger partial charge in [-0.25, -0.2) is 4.79 Å². The number of hydrogen-bond donors (Lipinski definition) is 2. The molecule has 8 heteroatoms. The number of nitro benzene ring substituents is 1. The number of carboxylic acids is 1. The highest BCUT2D eigenvalue weighted by Gasteiger charge is 2.27. The van der Waals surface area contributed by atoms with Crippen molar-refractivity contribution in [3.63, 3.8) is 0 Å². The molecule has 1 aromatic rings. The number of carboxylic acid groups (broad SMARTS) is 1. The van der Waals surface area contributed by atoms with Gasteiger partial charge in [0.25, 0.3) is 11.6 Å². The third kappa shape index (κ3) is 4.50. The Morgan fingerprint density at radius 3 is 2.42 bits per heavy atom. The van der Waals surface area contributed by atoms with E-state index in [0.717, 1.165) is 25.9 Å². The van der Waals surface area contributed by atoms with Gasteiger partial charge in [-0.2, -0.15) is 0 Å². The van der Waals surface area contributed by atoms with Gasteiger partial charge in [-0.05, 0) is 36.8 Å². The summed E-state index contributed by atoms with van der Waals surface area (Å²) >= 11 is 0. The maximum Gasteiger partial charge on any atom is 0.326 e. The molecule has 1 fully saturated rings. The molecule has 8 nitrogen and oxygen atoms in total. The van der Waals surface area contributed by atoms with Gasteiger partial charge in [-0.3, -0.25) is 14.9 Å². The Labute approximate surface area is 152 Å². The van der Waals surface area contributed by atoms with Gasteiger partial charge in [-0.1, -0.05) is 20.8 Å². The number of nitro groups is 1. The summed E-state index contributed by atoms with van der Waals surface area (Å²) in [5.74, 6) is -1.48. The summed E-state index contributed by atoms with van der Waals surface area (Å²) in [6, 6.07) is 3.26. The number of hydrogen-bond acceptors (Lipinski definition) is 5. The first-order chi connectivity index (χ1) is 12.2. The Morgan fingerprint density at radius 1 is 1.31 bits per heavy atom. The zero-order valence-corrected chi connectivity index (χ0v) is 15.3. The summed E-state index contributed by atoms with van der Waals surface area (Å²) in [6.45, 7) is 7.00. The van der Waals surface area contributed by atoms with Crippen molar-refractivity contribution in [3.8, 4) is 0 Å². The minimum absolute atomic E-state index is 0.0812. The average molecular weight is 363 g/mol. The maximum atomic E-state index is 12.4. The first kappa shape index (κ1) is 19.7. The number of nitrogens with zero attached hydrogens (tertiary/aromatic N) is 2. The monoisotopic (exact) mass is 363 g/mol. The predicted octanol–water partition coefficient (Wildman–Crippen LogP) is 2.67. The van der Waals surface area contributed by atoms with E-state index in [-0.39, 0.29) is 17.2 Å². The first-order valence-corrected chi connectivity index (χ1v) is 8.77. The topological polar surface area (TPSA) is 113 Å². The Hall–Kier alpha value is -2.64. The lowest BCUT2D eigenvalue weighted by atomic mass is 9.98. The Balaban J connectivity index is 2.26. The van der Waals surface area contributed by atoms with E-state index in [1.165, 1.54) is 12.1 Å². The van der Waals surface area contributed by atoms with Gasteiger partial charge >= 0.3 is 5.97 Å². The SMILES string of the molecule is CC1CCN(c2ccc(C(=O)NC(C(=O)O)C(C)C)cc2[N+](=O)[O-])CC1. The average Bonchev–Trinajstić information content (AvgIpc) is 2.59. The lowest BCUT2D eigenvalue weighted by Gasteiger charge is -2.31. The summed E-state index contributed by atoms with van der Waals surface area (Å²) in [6.07, 6.45) is 1.93. The number of amides is 1. The fourth-order valence-corrected chi connectivity index (χ4v) is 3.07. The minimum atomic E-state index is -1.14. The van der Waals surface area contributed by atoms with E-state index in [1.54, 1.807) is 19.9 Å². The molecular weight excluding hydrogens is 338 g/mol. The van der Waals surface area contributed by atoms with Crippen molar-refractivity contribution >= 4 is 23.3 Å². The Bertz CT molecular complexity index is 696. The standard InChI is InChI=1S/C18H25N3O5/c1-11(2)16(18(23)24)19-17(22)13-4-5-14(15(10-13)21(25)26)20-8-6-12(3)7-9-20/h4-5,10-12,16H,6-9H2,1-3H3,(H,19,22)(H,23,24). The van der Waals surface area contributed by atoms with Crippen LogP contribution in [0.1, 0.15) is 44.0 Å². The molecule has 0 aromatic heterocycles. The van der Waals surface area contributed by atoms with Crippen LogP contribution in [0.3, 0.4) is 0 Å². The number of rotatable bonds is 6. The van der Waals surface area contributed by atoms with Crippen molar-refractivity contribution in [2.24, 2.45) is 11.8 Å². The summed E-state index contributed by atoms with van der Waals surface area (Å²) in [4.78, 5) is 36.6. The molecule has 2 N–H and O–H groups in total. The number of carbonyl (C=O) groups is 2. The molecule has 2 rings (SSSR count). The third-order valence-electron chi connectivity index (χ3n) is 4.78. The van der Waals surface area contributed by atoms with Crippen molar-refractivity contribution < 1.29 is 19.6 Å². The van der Waals surface area contributed by atoms with Crippen LogP contribution in [0.25, 0.3) is 0 Å². The minimum Gasteiger partial charge on any atom is -0.480 e. The maximum absolute atomic E-state index is 12.4. The molecule has 1 aromatic carbocycles.